The molecule has 0 aromatic heterocycles. The maximum Gasteiger partial charge on any atom is 0.309 e. The maximum atomic E-state index is 12.5. The monoisotopic (exact) mass is 508 g/mol. The number of hydrogen-bond donors (Lipinski definition) is 0. The van der Waals surface area contributed by atoms with E-state index < -0.39 is 10.0 Å². The molecule has 34 heavy (non-hydrogen) atoms. The van der Waals surface area contributed by atoms with Crippen LogP contribution >= 0.6 is 11.6 Å². The first-order chi connectivity index (χ1) is 16.3. The molecule has 0 bridgehead atoms. The Morgan fingerprint density at radius 3 is 2.35 bits per heavy atom. The van der Waals surface area contributed by atoms with Crippen LogP contribution in [0, 0.1) is 0 Å². The minimum atomic E-state index is -3.19. The van der Waals surface area contributed by atoms with Gasteiger partial charge in [0.2, 0.25) is 10.0 Å². The highest BCUT2D eigenvalue weighted by molar-refractivity contribution is 7.89. The first-order valence-electron chi connectivity index (χ1n) is 11.6. The zero-order valence-corrected chi connectivity index (χ0v) is 21.4. The van der Waals surface area contributed by atoms with Gasteiger partial charge in [-0.05, 0) is 35.7 Å². The quantitative estimate of drug-likeness (QED) is 0.429. The number of halogens is 1. The van der Waals surface area contributed by atoms with E-state index in [1.54, 1.807) is 4.31 Å². The van der Waals surface area contributed by atoms with Crippen molar-refractivity contribution in [2.24, 2.45) is 0 Å². The van der Waals surface area contributed by atoms with Gasteiger partial charge in [0.05, 0.1) is 19.3 Å². The van der Waals surface area contributed by atoms with E-state index in [-0.39, 0.29) is 18.1 Å². The Kier molecular flexibility index (Phi) is 9.76. The number of hydrogen-bond acceptors (Lipinski definition) is 6. The van der Waals surface area contributed by atoms with Gasteiger partial charge in [-0.1, -0.05) is 49.2 Å². The van der Waals surface area contributed by atoms with Crippen molar-refractivity contribution < 1.29 is 22.7 Å². The van der Waals surface area contributed by atoms with Crippen LogP contribution in [0.3, 0.4) is 0 Å². The van der Waals surface area contributed by atoms with Crippen LogP contribution in [0.25, 0.3) is 0 Å². The Bertz CT molecular complexity index is 1050. The van der Waals surface area contributed by atoms with Crippen LogP contribution < -0.4 is 4.74 Å². The lowest BCUT2D eigenvalue weighted by molar-refractivity contribution is -0.139. The number of methoxy groups -OCH3 is 1. The number of rotatable bonds is 11. The molecule has 0 unspecified atom stereocenters. The van der Waals surface area contributed by atoms with Gasteiger partial charge < -0.3 is 9.47 Å². The van der Waals surface area contributed by atoms with E-state index in [0.717, 1.165) is 28.9 Å². The zero-order valence-electron chi connectivity index (χ0n) is 19.8. The number of unbranched alkanes of at least 4 members (excludes halogenated alkanes) is 1. The van der Waals surface area contributed by atoms with Crippen molar-refractivity contribution in [2.45, 2.75) is 39.3 Å². The van der Waals surface area contributed by atoms with Crippen LogP contribution in [0.2, 0.25) is 5.02 Å². The number of carbonyl (C=O) groups is 1. The van der Waals surface area contributed by atoms with Gasteiger partial charge in [0.1, 0.15) is 12.4 Å². The summed E-state index contributed by atoms with van der Waals surface area (Å²) < 4.78 is 37.6. The van der Waals surface area contributed by atoms with E-state index in [1.807, 2.05) is 49.4 Å². The van der Waals surface area contributed by atoms with Gasteiger partial charge in [-0.15, -0.1) is 0 Å². The predicted molar refractivity (Wildman–Crippen MR) is 133 cm³/mol. The average Bonchev–Trinajstić information content (AvgIpc) is 2.83. The Morgan fingerprint density at radius 1 is 1.03 bits per heavy atom. The maximum absolute atomic E-state index is 12.5. The van der Waals surface area contributed by atoms with Crippen LogP contribution in [-0.4, -0.2) is 62.6 Å². The first kappa shape index (κ1) is 26.5. The lowest BCUT2D eigenvalue weighted by atomic mass is 10.1. The van der Waals surface area contributed by atoms with Gasteiger partial charge >= 0.3 is 5.97 Å². The molecule has 2 aromatic rings. The molecule has 0 amide bonds. The minimum absolute atomic E-state index is 0.185. The topological polar surface area (TPSA) is 76.2 Å². The van der Waals surface area contributed by atoms with Gasteiger partial charge in [-0.3, -0.25) is 9.69 Å². The van der Waals surface area contributed by atoms with E-state index in [0.29, 0.717) is 50.8 Å². The van der Waals surface area contributed by atoms with Crippen molar-refractivity contribution in [1.29, 1.82) is 0 Å². The van der Waals surface area contributed by atoms with E-state index in [9.17, 15) is 13.2 Å². The molecular formula is C25H33ClN2O5S. The van der Waals surface area contributed by atoms with Crippen molar-refractivity contribution in [3.63, 3.8) is 0 Å². The summed E-state index contributed by atoms with van der Waals surface area (Å²) in [4.78, 5) is 14.0. The van der Waals surface area contributed by atoms with Gasteiger partial charge in [0.15, 0.2) is 0 Å². The summed E-state index contributed by atoms with van der Waals surface area (Å²) in [5.74, 6) is 0.648. The molecular weight excluding hydrogens is 476 g/mol. The summed E-state index contributed by atoms with van der Waals surface area (Å²) in [5.41, 5.74) is 2.80. The van der Waals surface area contributed by atoms with Crippen LogP contribution in [0.15, 0.2) is 42.5 Å². The number of piperazine rings is 1. The average molecular weight is 509 g/mol. The summed E-state index contributed by atoms with van der Waals surface area (Å²) in [6.45, 7) is 5.24. The molecule has 1 heterocycles. The highest BCUT2D eigenvalue weighted by Crippen LogP contribution is 2.25. The number of sulfonamides is 1. The van der Waals surface area contributed by atoms with Gasteiger partial charge in [0.25, 0.3) is 0 Å². The molecule has 0 radical (unpaired) electrons. The number of ether oxygens (including phenoxy) is 2. The molecule has 0 N–H and O–H groups in total. The van der Waals surface area contributed by atoms with Crippen molar-refractivity contribution in [3.05, 3.63) is 64.2 Å². The van der Waals surface area contributed by atoms with E-state index >= 15 is 0 Å². The molecule has 9 heteroatoms. The number of nitrogens with zero attached hydrogens (tertiary/aromatic N) is 2. The summed E-state index contributed by atoms with van der Waals surface area (Å²) >= 11 is 5.97. The third kappa shape index (κ3) is 7.70. The highest BCUT2D eigenvalue weighted by atomic mass is 35.5. The molecule has 7 nitrogen and oxygen atoms in total. The fourth-order valence-electron chi connectivity index (χ4n) is 3.85. The Morgan fingerprint density at radius 2 is 1.71 bits per heavy atom. The fraction of sp³-hybridized carbons (Fsp3) is 0.480. The minimum Gasteiger partial charge on any atom is -0.489 e. The zero-order chi connectivity index (χ0) is 24.6. The molecule has 3 rings (SSSR count). The summed E-state index contributed by atoms with van der Waals surface area (Å²) in [5, 5.41) is 0.674. The van der Waals surface area contributed by atoms with Gasteiger partial charge in [-0.25, -0.2) is 8.42 Å². The number of carbonyl (C=O) groups excluding carboxylic acids is 1. The van der Waals surface area contributed by atoms with E-state index in [4.69, 9.17) is 21.1 Å². The lowest BCUT2D eigenvalue weighted by Gasteiger charge is -2.34. The molecule has 1 fully saturated rings. The lowest BCUT2D eigenvalue weighted by Crippen LogP contribution is -2.48. The second-order valence-electron chi connectivity index (χ2n) is 8.45. The Balaban J connectivity index is 1.69. The van der Waals surface area contributed by atoms with Crippen molar-refractivity contribution in [3.8, 4) is 5.75 Å². The van der Waals surface area contributed by atoms with E-state index in [2.05, 4.69) is 4.90 Å². The molecule has 0 aliphatic carbocycles. The van der Waals surface area contributed by atoms with Crippen LogP contribution in [0.5, 0.6) is 5.75 Å². The largest absolute Gasteiger partial charge is 0.489 e. The number of esters is 1. The summed E-state index contributed by atoms with van der Waals surface area (Å²) in [6.07, 6.45) is 1.73. The predicted octanol–water partition coefficient (Wildman–Crippen LogP) is 3.88. The molecule has 1 aliphatic rings. The van der Waals surface area contributed by atoms with Crippen molar-refractivity contribution in [1.82, 2.24) is 9.21 Å². The van der Waals surface area contributed by atoms with Gasteiger partial charge in [0, 0.05) is 43.3 Å². The summed E-state index contributed by atoms with van der Waals surface area (Å²) in [6, 6.07) is 13.2. The summed E-state index contributed by atoms with van der Waals surface area (Å²) in [7, 11) is -1.82. The smallest absolute Gasteiger partial charge is 0.309 e. The highest BCUT2D eigenvalue weighted by Gasteiger charge is 2.26. The number of benzene rings is 2. The van der Waals surface area contributed by atoms with Crippen molar-refractivity contribution >= 4 is 27.6 Å². The molecule has 0 spiro atoms. The van der Waals surface area contributed by atoms with Crippen LogP contribution in [0.4, 0.5) is 0 Å². The molecule has 2 aromatic carbocycles. The van der Waals surface area contributed by atoms with Crippen LogP contribution in [-0.2, 0) is 39.1 Å². The Labute approximate surface area is 207 Å². The molecule has 1 aliphatic heterocycles. The van der Waals surface area contributed by atoms with E-state index in [1.165, 1.54) is 7.11 Å². The van der Waals surface area contributed by atoms with Gasteiger partial charge in [-0.2, -0.15) is 4.31 Å². The van der Waals surface area contributed by atoms with Crippen LogP contribution in [0.1, 0.15) is 36.5 Å². The molecule has 0 saturated carbocycles. The molecule has 186 valence electrons. The second kappa shape index (κ2) is 12.5. The molecule has 1 saturated heterocycles. The third-order valence-electron chi connectivity index (χ3n) is 5.88. The first-order valence-corrected chi connectivity index (χ1v) is 13.6. The third-order valence-corrected chi connectivity index (χ3v) is 8.09. The Hall–Kier alpha value is -2.13. The SMILES string of the molecule is CCCCS(=O)(=O)N1CCN(Cc2cc(CC(=O)OC)ccc2OCc2ccc(Cl)cc2)CC1. The normalized spacial score (nSPS) is 15.3. The fourth-order valence-corrected chi connectivity index (χ4v) is 5.61. The molecule has 0 atom stereocenters. The second-order valence-corrected chi connectivity index (χ2v) is 11.0. The van der Waals surface area contributed by atoms with Crippen molar-refractivity contribution in [2.75, 3.05) is 39.0 Å². The standard InChI is InChI=1S/C25H33ClN2O5S/c1-3-4-15-34(30,31)28-13-11-27(12-14-28)18-22-16-21(17-25(29)32-2)7-10-24(22)33-19-20-5-8-23(26)9-6-20/h5-10,16H,3-4,11-15,17-19H2,1-2H3.